The van der Waals surface area contributed by atoms with E-state index in [2.05, 4.69) is 15.4 Å². The molecule has 0 aliphatic carbocycles. The Balaban J connectivity index is 1.63. The molecule has 9 nitrogen and oxygen atoms in total. The fourth-order valence-electron chi connectivity index (χ4n) is 4.53. The fraction of sp³-hybridized carbons (Fsp3) is 0.214. The molecule has 11 heteroatoms. The highest BCUT2D eigenvalue weighted by atomic mass is 35.5. The predicted octanol–water partition coefficient (Wildman–Crippen LogP) is 6.25. The van der Waals surface area contributed by atoms with Crippen molar-refractivity contribution < 1.29 is 15.0 Å². The molecule has 1 unspecified atom stereocenters. The van der Waals surface area contributed by atoms with Crippen molar-refractivity contribution in [3.63, 3.8) is 0 Å². The predicted molar refractivity (Wildman–Crippen MR) is 153 cm³/mol. The number of hydrogen-bond acceptors (Lipinski definition) is 6. The van der Waals surface area contributed by atoms with Gasteiger partial charge in [0, 0.05) is 28.7 Å². The highest BCUT2D eigenvalue weighted by Gasteiger charge is 2.22. The smallest absolute Gasteiger partial charge is 0.328 e. The van der Waals surface area contributed by atoms with Gasteiger partial charge in [0.2, 0.25) is 0 Å². The molecule has 0 aliphatic heterocycles. The van der Waals surface area contributed by atoms with Gasteiger partial charge in [0.1, 0.15) is 11.9 Å². The van der Waals surface area contributed by atoms with Crippen LogP contribution in [0.25, 0.3) is 32.8 Å². The maximum Gasteiger partial charge on any atom is 0.328 e. The molecule has 0 saturated heterocycles. The van der Waals surface area contributed by atoms with Gasteiger partial charge in [-0.05, 0) is 61.7 Å². The van der Waals surface area contributed by atoms with Gasteiger partial charge in [-0.25, -0.2) is 9.78 Å². The lowest BCUT2D eigenvalue weighted by atomic mass is 9.98. The van der Waals surface area contributed by atoms with E-state index in [9.17, 15) is 19.8 Å². The molecule has 0 bridgehead atoms. The Kier molecular flexibility index (Phi) is 6.84. The number of halogens is 2. The maximum atomic E-state index is 13.1. The number of aromatic nitrogens is 4. The first-order valence-corrected chi connectivity index (χ1v) is 12.9. The van der Waals surface area contributed by atoms with Gasteiger partial charge >= 0.3 is 5.97 Å². The first kappa shape index (κ1) is 26.7. The summed E-state index contributed by atoms with van der Waals surface area (Å²) in [5.41, 5.74) is 1.54. The molecule has 3 heterocycles. The number of nitrogens with zero attached hydrogens (tertiary/aromatic N) is 3. The Hall–Kier alpha value is -3.92. The second-order valence-corrected chi connectivity index (χ2v) is 10.6. The van der Waals surface area contributed by atoms with E-state index in [1.807, 2.05) is 12.1 Å². The monoisotopic (exact) mass is 565 g/mol. The van der Waals surface area contributed by atoms with Crippen molar-refractivity contribution in [1.82, 2.24) is 19.7 Å². The summed E-state index contributed by atoms with van der Waals surface area (Å²) in [4.78, 5) is 32.1. The van der Waals surface area contributed by atoms with E-state index in [1.165, 1.54) is 10.9 Å². The molecule has 0 spiro atoms. The highest BCUT2D eigenvalue weighted by Crippen LogP contribution is 2.39. The minimum atomic E-state index is -1.13. The number of pyridine rings is 2. The molecule has 5 aromatic rings. The minimum absolute atomic E-state index is 0.290. The zero-order chi connectivity index (χ0) is 28.1. The number of aliphatic hydroxyl groups is 1. The van der Waals surface area contributed by atoms with Crippen molar-refractivity contribution in [2.75, 3.05) is 5.32 Å². The van der Waals surface area contributed by atoms with Crippen LogP contribution in [0.5, 0.6) is 0 Å². The summed E-state index contributed by atoms with van der Waals surface area (Å²) in [6.45, 7) is 5.06. The number of rotatable bonds is 7. The van der Waals surface area contributed by atoms with Gasteiger partial charge in [-0.3, -0.25) is 9.48 Å². The number of aromatic amines is 1. The lowest BCUT2D eigenvalue weighted by Crippen LogP contribution is -2.18. The number of carboxylic acids is 1. The quantitative estimate of drug-likeness (QED) is 0.171. The van der Waals surface area contributed by atoms with Crippen LogP contribution < -0.4 is 10.9 Å². The molecule has 1 atom stereocenters. The largest absolute Gasteiger partial charge is 0.480 e. The van der Waals surface area contributed by atoms with Crippen LogP contribution in [0.4, 0.5) is 11.5 Å². The van der Waals surface area contributed by atoms with Gasteiger partial charge in [-0.1, -0.05) is 36.2 Å². The number of aliphatic carboxylic acids is 1. The molecule has 4 N–H and O–H groups in total. The Labute approximate surface area is 233 Å². The van der Waals surface area contributed by atoms with Crippen molar-refractivity contribution >= 4 is 62.4 Å². The molecule has 0 radical (unpaired) electrons. The summed E-state index contributed by atoms with van der Waals surface area (Å²) in [7, 11) is 0. The Morgan fingerprint density at radius 2 is 1.85 bits per heavy atom. The van der Waals surface area contributed by atoms with Gasteiger partial charge in [-0.2, -0.15) is 5.10 Å². The average molecular weight is 566 g/mol. The zero-order valence-electron chi connectivity index (χ0n) is 21.3. The third kappa shape index (κ3) is 4.96. The topological polar surface area (TPSA) is 133 Å². The summed E-state index contributed by atoms with van der Waals surface area (Å²) in [5, 5.41) is 29.4. The van der Waals surface area contributed by atoms with E-state index in [1.54, 1.807) is 57.4 Å². The second-order valence-electron chi connectivity index (χ2n) is 9.76. The summed E-state index contributed by atoms with van der Waals surface area (Å²) in [6, 6.07) is 9.69. The van der Waals surface area contributed by atoms with Crippen LogP contribution in [-0.2, 0) is 10.4 Å². The molecule has 0 aliphatic rings. The number of fused-ring (bicyclic) bond motifs is 3. The Bertz CT molecular complexity index is 1780. The Morgan fingerprint density at radius 3 is 2.49 bits per heavy atom. The van der Waals surface area contributed by atoms with Crippen LogP contribution in [0.3, 0.4) is 0 Å². The summed E-state index contributed by atoms with van der Waals surface area (Å²) in [5.74, 6) is -0.571. The third-order valence-electron chi connectivity index (χ3n) is 6.63. The maximum absolute atomic E-state index is 13.1. The summed E-state index contributed by atoms with van der Waals surface area (Å²) in [6.07, 6.45) is 5.21. The zero-order valence-corrected chi connectivity index (χ0v) is 22.8. The minimum Gasteiger partial charge on any atom is -0.480 e. The standard InChI is InChI=1S/C28H25Cl2N5O4/c1-4-22(27(37)38)35-13-15(12-32-35)14-5-6-21-18(9-14)23-17(7-8-31-26(23)36)25(33-21)34-24-19(29)10-16(11-20(24)30)28(2,3)39/h5-13,22,39H,4H2,1-3H3,(H,31,36)(H,33,34)(H,37,38). The first-order chi connectivity index (χ1) is 18.5. The van der Waals surface area contributed by atoms with Crippen LogP contribution in [0.2, 0.25) is 10.0 Å². The number of benzene rings is 2. The molecule has 0 amide bonds. The molecular weight excluding hydrogens is 541 g/mol. The van der Waals surface area contributed by atoms with E-state index in [0.717, 1.165) is 5.56 Å². The molecule has 3 aromatic heterocycles. The van der Waals surface area contributed by atoms with Crippen molar-refractivity contribution in [1.29, 1.82) is 0 Å². The lowest BCUT2D eigenvalue weighted by Gasteiger charge is -2.20. The van der Waals surface area contributed by atoms with E-state index >= 15 is 0 Å². The average Bonchev–Trinajstić information content (AvgIpc) is 3.35. The number of carbonyl (C=O) groups is 1. The van der Waals surface area contributed by atoms with Crippen molar-refractivity contribution in [3.8, 4) is 11.1 Å². The molecule has 0 fully saturated rings. The first-order valence-electron chi connectivity index (χ1n) is 12.2. The third-order valence-corrected chi connectivity index (χ3v) is 7.23. The number of anilines is 2. The highest BCUT2D eigenvalue weighted by molar-refractivity contribution is 6.39. The number of hydrogen-bond donors (Lipinski definition) is 4. The van der Waals surface area contributed by atoms with E-state index in [0.29, 0.717) is 60.8 Å². The summed E-state index contributed by atoms with van der Waals surface area (Å²) < 4.78 is 1.43. The SMILES string of the molecule is CCC(C(=O)O)n1cc(-c2ccc3nc(Nc4c(Cl)cc(C(C)(C)O)cc4Cl)c4cc[nH]c(=O)c4c3c2)cn1. The molecule has 39 heavy (non-hydrogen) atoms. The van der Waals surface area contributed by atoms with E-state index in [-0.39, 0.29) is 5.56 Å². The van der Waals surface area contributed by atoms with Crippen LogP contribution in [-0.4, -0.2) is 35.9 Å². The van der Waals surface area contributed by atoms with E-state index < -0.39 is 17.6 Å². The molecule has 2 aromatic carbocycles. The van der Waals surface area contributed by atoms with Gasteiger partial charge < -0.3 is 20.5 Å². The lowest BCUT2D eigenvalue weighted by molar-refractivity contribution is -0.141. The van der Waals surface area contributed by atoms with Crippen LogP contribution >= 0.6 is 23.2 Å². The van der Waals surface area contributed by atoms with Gasteiger partial charge in [-0.15, -0.1) is 0 Å². The fourth-order valence-corrected chi connectivity index (χ4v) is 5.11. The van der Waals surface area contributed by atoms with Crippen LogP contribution in [0.15, 0.2) is 59.8 Å². The Morgan fingerprint density at radius 1 is 1.13 bits per heavy atom. The molecule has 5 rings (SSSR count). The second kappa shape index (κ2) is 10.00. The normalized spacial score (nSPS) is 12.7. The van der Waals surface area contributed by atoms with Gasteiger partial charge in [0.05, 0.1) is 38.4 Å². The summed E-state index contributed by atoms with van der Waals surface area (Å²) >= 11 is 13.1. The molecule has 200 valence electrons. The van der Waals surface area contributed by atoms with Crippen LogP contribution in [0, 0.1) is 0 Å². The van der Waals surface area contributed by atoms with Crippen molar-refractivity contribution in [2.45, 2.75) is 38.8 Å². The van der Waals surface area contributed by atoms with Crippen LogP contribution in [0.1, 0.15) is 38.8 Å². The van der Waals surface area contributed by atoms with Gasteiger partial charge in [0.25, 0.3) is 5.56 Å². The number of H-pyrrole nitrogens is 1. The molecule has 0 saturated carbocycles. The van der Waals surface area contributed by atoms with E-state index in [4.69, 9.17) is 28.2 Å². The van der Waals surface area contributed by atoms with Crippen molar-refractivity contribution in [3.05, 3.63) is 81.0 Å². The number of nitrogens with one attached hydrogen (secondary N) is 2. The van der Waals surface area contributed by atoms with Gasteiger partial charge in [0.15, 0.2) is 0 Å². The number of carboxylic acid groups (broad SMARTS) is 1. The molecular formula is C28H25Cl2N5O4. The van der Waals surface area contributed by atoms with Crippen molar-refractivity contribution in [2.24, 2.45) is 0 Å².